The van der Waals surface area contributed by atoms with E-state index in [0.29, 0.717) is 0 Å². The summed E-state index contributed by atoms with van der Waals surface area (Å²) in [5, 5.41) is 0. The zero-order valence-electron chi connectivity index (χ0n) is 14.9. The third kappa shape index (κ3) is 3.69. The van der Waals surface area contributed by atoms with Crippen LogP contribution in [-0.4, -0.2) is 48.1 Å². The minimum atomic E-state index is 0.937. The fourth-order valence-electron chi connectivity index (χ4n) is 3.58. The van der Waals surface area contributed by atoms with Gasteiger partial charge in [0, 0.05) is 31.4 Å². The summed E-state index contributed by atoms with van der Waals surface area (Å²) in [4.78, 5) is 13.1. The third-order valence-corrected chi connectivity index (χ3v) is 5.15. The fraction of sp³-hybridized carbons (Fsp3) is 0.381. The van der Waals surface area contributed by atoms with Gasteiger partial charge in [-0.3, -0.25) is 0 Å². The number of hydrogen-bond donors (Lipinski definition) is 1. The van der Waals surface area contributed by atoms with Crippen molar-refractivity contribution in [2.24, 2.45) is 0 Å². The predicted octanol–water partition coefficient (Wildman–Crippen LogP) is 4.15. The van der Waals surface area contributed by atoms with Gasteiger partial charge in [0.1, 0.15) is 5.82 Å². The van der Waals surface area contributed by atoms with E-state index in [1.807, 2.05) is 18.2 Å². The van der Waals surface area contributed by atoms with Crippen LogP contribution >= 0.6 is 0 Å². The highest BCUT2D eigenvalue weighted by Gasteiger charge is 2.12. The molecule has 0 bridgehead atoms. The third-order valence-electron chi connectivity index (χ3n) is 5.15. The van der Waals surface area contributed by atoms with Gasteiger partial charge in [0.25, 0.3) is 0 Å². The molecule has 0 saturated carbocycles. The number of fused-ring (bicyclic) bond motifs is 1. The maximum Gasteiger partial charge on any atom is 0.138 e. The number of hydrogen-bond acceptors (Lipinski definition) is 3. The second-order valence-electron chi connectivity index (χ2n) is 6.98. The summed E-state index contributed by atoms with van der Waals surface area (Å²) in [6, 6.07) is 16.8. The van der Waals surface area contributed by atoms with E-state index in [9.17, 15) is 0 Å². The molecule has 4 heteroatoms. The highest BCUT2D eigenvalue weighted by atomic mass is 15.2. The van der Waals surface area contributed by atoms with Crippen molar-refractivity contribution in [3.05, 3.63) is 48.5 Å². The number of nitrogens with one attached hydrogen (secondary N) is 1. The molecule has 1 aromatic heterocycles. The molecule has 3 aromatic rings. The molecule has 0 unspecified atom stereocenters. The Morgan fingerprint density at radius 1 is 1.04 bits per heavy atom. The lowest BCUT2D eigenvalue weighted by atomic mass is 10.1. The standard InChI is InChI=1S/C21H26N4/c1-24(14-15-25-12-5-2-6-13-25)18-9-7-8-17(16-18)21-22-19-10-3-4-11-20(19)23-21/h3-4,7-11,16H,2,5-6,12-15H2,1H3,(H,22,23). The molecule has 2 aromatic carbocycles. The van der Waals surface area contributed by atoms with E-state index in [-0.39, 0.29) is 0 Å². The van der Waals surface area contributed by atoms with Gasteiger partial charge in [0.05, 0.1) is 11.0 Å². The average Bonchev–Trinajstić information content (AvgIpc) is 3.11. The monoisotopic (exact) mass is 334 g/mol. The normalized spacial score (nSPS) is 15.6. The lowest BCUT2D eigenvalue weighted by Crippen LogP contribution is -2.36. The molecule has 2 heterocycles. The first-order valence-electron chi connectivity index (χ1n) is 9.28. The van der Waals surface area contributed by atoms with Crippen molar-refractivity contribution >= 4 is 16.7 Å². The molecule has 130 valence electrons. The van der Waals surface area contributed by atoms with E-state index in [4.69, 9.17) is 4.98 Å². The lowest BCUT2D eigenvalue weighted by Gasteiger charge is -2.29. The molecular weight excluding hydrogens is 308 g/mol. The summed E-state index contributed by atoms with van der Waals surface area (Å²) < 4.78 is 0. The molecule has 0 amide bonds. The minimum absolute atomic E-state index is 0.937. The van der Waals surface area contributed by atoms with Crippen molar-refractivity contribution in [3.8, 4) is 11.4 Å². The van der Waals surface area contributed by atoms with Crippen LogP contribution in [0.5, 0.6) is 0 Å². The van der Waals surface area contributed by atoms with Crippen molar-refractivity contribution in [2.75, 3.05) is 38.1 Å². The van der Waals surface area contributed by atoms with Gasteiger partial charge in [0.15, 0.2) is 0 Å². The summed E-state index contributed by atoms with van der Waals surface area (Å²) in [6.07, 6.45) is 4.10. The molecule has 1 saturated heterocycles. The maximum absolute atomic E-state index is 4.72. The Morgan fingerprint density at radius 3 is 2.72 bits per heavy atom. The molecule has 25 heavy (non-hydrogen) atoms. The number of aromatic nitrogens is 2. The molecular formula is C21H26N4. The van der Waals surface area contributed by atoms with Crippen LogP contribution in [0.3, 0.4) is 0 Å². The number of para-hydroxylation sites is 2. The Kier molecular flexibility index (Phi) is 4.70. The smallest absolute Gasteiger partial charge is 0.138 e. The zero-order chi connectivity index (χ0) is 17.1. The number of H-pyrrole nitrogens is 1. The van der Waals surface area contributed by atoms with Gasteiger partial charge >= 0.3 is 0 Å². The number of imidazole rings is 1. The van der Waals surface area contributed by atoms with Crippen molar-refractivity contribution in [3.63, 3.8) is 0 Å². The van der Waals surface area contributed by atoms with Crippen LogP contribution in [0.25, 0.3) is 22.4 Å². The topological polar surface area (TPSA) is 35.2 Å². The van der Waals surface area contributed by atoms with Crippen molar-refractivity contribution in [1.29, 1.82) is 0 Å². The Hall–Kier alpha value is -2.33. The van der Waals surface area contributed by atoms with Gasteiger partial charge in [-0.25, -0.2) is 4.98 Å². The van der Waals surface area contributed by atoms with Gasteiger partial charge in [-0.05, 0) is 50.2 Å². The van der Waals surface area contributed by atoms with Crippen LogP contribution in [0.4, 0.5) is 5.69 Å². The number of piperidine rings is 1. The number of nitrogens with zero attached hydrogens (tertiary/aromatic N) is 3. The summed E-state index contributed by atoms with van der Waals surface area (Å²) in [6.45, 7) is 4.72. The van der Waals surface area contributed by atoms with E-state index < -0.39 is 0 Å². The van der Waals surface area contributed by atoms with Crippen LogP contribution in [0.1, 0.15) is 19.3 Å². The van der Waals surface area contributed by atoms with Gasteiger partial charge in [0.2, 0.25) is 0 Å². The molecule has 1 aliphatic rings. The van der Waals surface area contributed by atoms with Crippen LogP contribution in [-0.2, 0) is 0 Å². The molecule has 4 nitrogen and oxygen atoms in total. The highest BCUT2D eigenvalue weighted by Crippen LogP contribution is 2.24. The molecule has 1 fully saturated rings. The Morgan fingerprint density at radius 2 is 1.88 bits per heavy atom. The van der Waals surface area contributed by atoms with Gasteiger partial charge < -0.3 is 14.8 Å². The SMILES string of the molecule is CN(CCN1CCCCC1)c1cccc(-c2nc3ccccc3[nH]2)c1. The quantitative estimate of drug-likeness (QED) is 0.761. The molecule has 0 atom stereocenters. The van der Waals surface area contributed by atoms with Crippen molar-refractivity contribution < 1.29 is 0 Å². The Bertz CT molecular complexity index is 800. The van der Waals surface area contributed by atoms with Crippen molar-refractivity contribution in [1.82, 2.24) is 14.9 Å². The highest BCUT2D eigenvalue weighted by molar-refractivity contribution is 5.79. The lowest BCUT2D eigenvalue weighted by molar-refractivity contribution is 0.234. The number of rotatable bonds is 5. The molecule has 0 radical (unpaired) electrons. The van der Waals surface area contributed by atoms with Crippen molar-refractivity contribution in [2.45, 2.75) is 19.3 Å². The molecule has 4 rings (SSSR count). The van der Waals surface area contributed by atoms with E-state index in [2.05, 4.69) is 52.2 Å². The predicted molar refractivity (Wildman–Crippen MR) is 105 cm³/mol. The van der Waals surface area contributed by atoms with Crippen LogP contribution < -0.4 is 4.90 Å². The minimum Gasteiger partial charge on any atom is -0.373 e. The van der Waals surface area contributed by atoms with E-state index in [0.717, 1.165) is 35.5 Å². The van der Waals surface area contributed by atoms with E-state index in [1.54, 1.807) is 0 Å². The maximum atomic E-state index is 4.72. The van der Waals surface area contributed by atoms with Gasteiger partial charge in [-0.15, -0.1) is 0 Å². The van der Waals surface area contributed by atoms with Crippen LogP contribution in [0.15, 0.2) is 48.5 Å². The summed E-state index contributed by atoms with van der Waals surface area (Å²) >= 11 is 0. The number of likely N-dealkylation sites (tertiary alicyclic amines) is 1. The van der Waals surface area contributed by atoms with Gasteiger partial charge in [-0.2, -0.15) is 0 Å². The number of aromatic amines is 1. The van der Waals surface area contributed by atoms with Crippen LogP contribution in [0.2, 0.25) is 0 Å². The molecule has 1 aliphatic heterocycles. The summed E-state index contributed by atoms with van der Waals surface area (Å²) in [7, 11) is 2.18. The first-order valence-corrected chi connectivity index (χ1v) is 9.28. The number of likely N-dealkylation sites (N-methyl/N-ethyl adjacent to an activating group) is 1. The second-order valence-corrected chi connectivity index (χ2v) is 6.98. The van der Waals surface area contributed by atoms with Crippen LogP contribution in [0, 0.1) is 0 Å². The van der Waals surface area contributed by atoms with Gasteiger partial charge in [-0.1, -0.05) is 30.7 Å². The molecule has 1 N–H and O–H groups in total. The average molecular weight is 334 g/mol. The molecule has 0 spiro atoms. The first kappa shape index (κ1) is 16.2. The zero-order valence-corrected chi connectivity index (χ0v) is 14.9. The van der Waals surface area contributed by atoms with E-state index >= 15 is 0 Å². The Balaban J connectivity index is 1.48. The second kappa shape index (κ2) is 7.28. The number of benzene rings is 2. The first-order chi connectivity index (χ1) is 12.3. The number of anilines is 1. The molecule has 0 aliphatic carbocycles. The Labute approximate surface area is 149 Å². The fourth-order valence-corrected chi connectivity index (χ4v) is 3.58. The summed E-state index contributed by atoms with van der Waals surface area (Å²) in [5.74, 6) is 0.937. The largest absolute Gasteiger partial charge is 0.373 e. The van der Waals surface area contributed by atoms with E-state index in [1.165, 1.54) is 38.0 Å². The summed E-state index contributed by atoms with van der Waals surface area (Å²) in [5.41, 5.74) is 4.48.